The molecule has 6 nitrogen and oxygen atoms in total. The highest BCUT2D eigenvalue weighted by atomic mass is 35.5. The first-order valence-corrected chi connectivity index (χ1v) is 13.7. The Morgan fingerprint density at radius 3 is 2.71 bits per heavy atom. The van der Waals surface area contributed by atoms with Crippen molar-refractivity contribution in [2.75, 3.05) is 0 Å². The van der Waals surface area contributed by atoms with E-state index in [9.17, 15) is 19.1 Å². The lowest BCUT2D eigenvalue weighted by atomic mass is 9.83. The van der Waals surface area contributed by atoms with Crippen molar-refractivity contribution in [2.24, 2.45) is 5.92 Å². The molecule has 3 N–H and O–H groups in total. The molecular weight excluding hydrogens is 541 g/mol. The number of amides is 1. The molecule has 1 amide bonds. The summed E-state index contributed by atoms with van der Waals surface area (Å²) in [6.45, 7) is 5.63. The Bertz CT molecular complexity index is 1630. The molecule has 2 bridgehead atoms. The molecule has 1 aliphatic heterocycles. The van der Waals surface area contributed by atoms with Crippen molar-refractivity contribution < 1.29 is 19.1 Å². The molecule has 8 heteroatoms. The number of halogens is 2. The van der Waals surface area contributed by atoms with E-state index in [4.69, 9.17) is 16.6 Å². The van der Waals surface area contributed by atoms with Crippen molar-refractivity contribution in [1.82, 2.24) is 15.3 Å². The van der Waals surface area contributed by atoms with Gasteiger partial charge in [-0.1, -0.05) is 73.3 Å². The Hall–Kier alpha value is -4.49. The summed E-state index contributed by atoms with van der Waals surface area (Å²) < 4.78 is 14.7. The van der Waals surface area contributed by atoms with E-state index in [0.717, 1.165) is 11.6 Å². The molecule has 208 valence electrons. The maximum atomic E-state index is 14.7. The molecule has 0 saturated heterocycles. The second-order valence-electron chi connectivity index (χ2n) is 10.1. The van der Waals surface area contributed by atoms with Gasteiger partial charge in [0.05, 0.1) is 22.8 Å². The molecule has 0 fully saturated rings. The minimum absolute atomic E-state index is 0.177. The molecule has 3 aromatic rings. The van der Waals surface area contributed by atoms with Crippen LogP contribution in [0.3, 0.4) is 0 Å². The number of imidazole rings is 1. The van der Waals surface area contributed by atoms with Crippen LogP contribution >= 0.6 is 11.6 Å². The van der Waals surface area contributed by atoms with E-state index in [-0.39, 0.29) is 23.3 Å². The van der Waals surface area contributed by atoms with Crippen molar-refractivity contribution in [3.05, 3.63) is 131 Å². The summed E-state index contributed by atoms with van der Waals surface area (Å²) in [5.41, 5.74) is 4.64. The minimum atomic E-state index is -1.15. The van der Waals surface area contributed by atoms with E-state index in [0.29, 0.717) is 52.3 Å². The number of carboxylic acids is 1. The van der Waals surface area contributed by atoms with E-state index < -0.39 is 17.3 Å². The lowest BCUT2D eigenvalue weighted by Gasteiger charge is -2.26. The highest BCUT2D eigenvalue weighted by Crippen LogP contribution is 2.39. The van der Waals surface area contributed by atoms with Crippen LogP contribution in [0.2, 0.25) is 0 Å². The van der Waals surface area contributed by atoms with Crippen molar-refractivity contribution in [3.63, 3.8) is 0 Å². The zero-order chi connectivity index (χ0) is 29.1. The lowest BCUT2D eigenvalue weighted by Crippen LogP contribution is -2.29. The number of aryl methyl sites for hydroxylation is 2. The zero-order valence-corrected chi connectivity index (χ0v) is 23.2. The van der Waals surface area contributed by atoms with E-state index in [2.05, 4.69) is 16.9 Å². The number of allylic oxidation sites excluding steroid dienone is 6. The molecule has 0 radical (unpaired) electrons. The number of rotatable bonds is 3. The largest absolute Gasteiger partial charge is 0.478 e. The maximum Gasteiger partial charge on any atom is 0.328 e. The fourth-order valence-electron chi connectivity index (χ4n) is 5.15. The second-order valence-corrected chi connectivity index (χ2v) is 10.6. The molecule has 3 atom stereocenters. The number of fused-ring (bicyclic) bond motifs is 4. The van der Waals surface area contributed by atoms with E-state index in [1.165, 1.54) is 12.1 Å². The van der Waals surface area contributed by atoms with Gasteiger partial charge in [0.1, 0.15) is 11.6 Å². The van der Waals surface area contributed by atoms with Gasteiger partial charge in [-0.05, 0) is 48.6 Å². The molecule has 2 aliphatic rings. The molecule has 2 heterocycles. The smallest absolute Gasteiger partial charge is 0.328 e. The van der Waals surface area contributed by atoms with Gasteiger partial charge in [0.2, 0.25) is 0 Å². The van der Waals surface area contributed by atoms with Gasteiger partial charge in [0.15, 0.2) is 0 Å². The van der Waals surface area contributed by atoms with Crippen LogP contribution in [0.25, 0.3) is 16.8 Å². The predicted molar refractivity (Wildman–Crippen MR) is 159 cm³/mol. The summed E-state index contributed by atoms with van der Waals surface area (Å²) in [4.78, 5) is 33.4. The Morgan fingerprint density at radius 1 is 1.20 bits per heavy atom. The third-order valence-corrected chi connectivity index (χ3v) is 7.73. The van der Waals surface area contributed by atoms with Crippen LogP contribution in [0, 0.1) is 18.7 Å². The number of carbonyl (C=O) groups is 2. The average Bonchev–Trinajstić information content (AvgIpc) is 3.38. The Balaban J connectivity index is 1.69. The van der Waals surface area contributed by atoms with Gasteiger partial charge in [0.25, 0.3) is 5.91 Å². The van der Waals surface area contributed by atoms with Crippen LogP contribution in [-0.4, -0.2) is 32.3 Å². The van der Waals surface area contributed by atoms with Gasteiger partial charge < -0.3 is 15.4 Å². The number of aromatic amines is 1. The monoisotopic (exact) mass is 569 g/mol. The molecule has 1 unspecified atom stereocenters. The van der Waals surface area contributed by atoms with E-state index in [1.807, 2.05) is 42.5 Å². The molecule has 5 rings (SSSR count). The Labute approximate surface area is 242 Å². The number of nitrogens with zero attached hydrogens (tertiary/aromatic N) is 1. The van der Waals surface area contributed by atoms with Crippen LogP contribution in [0.1, 0.15) is 35.1 Å². The fourth-order valence-corrected chi connectivity index (χ4v) is 5.52. The van der Waals surface area contributed by atoms with E-state index in [1.54, 1.807) is 31.2 Å². The lowest BCUT2D eigenvalue weighted by molar-refractivity contribution is -0.131. The number of hydrogen-bond acceptors (Lipinski definition) is 3. The average molecular weight is 570 g/mol. The first-order valence-electron chi connectivity index (χ1n) is 13.3. The van der Waals surface area contributed by atoms with Gasteiger partial charge in [-0.15, -0.1) is 11.6 Å². The summed E-state index contributed by atoms with van der Waals surface area (Å²) in [5.74, 6) is -1.95. The highest BCUT2D eigenvalue weighted by Gasteiger charge is 2.31. The zero-order valence-electron chi connectivity index (χ0n) is 22.4. The number of H-pyrrole nitrogens is 1. The van der Waals surface area contributed by atoms with Crippen LogP contribution in [0.15, 0.2) is 103 Å². The van der Waals surface area contributed by atoms with Gasteiger partial charge in [-0.2, -0.15) is 0 Å². The van der Waals surface area contributed by atoms with Crippen LogP contribution in [-0.2, 0) is 16.0 Å². The summed E-state index contributed by atoms with van der Waals surface area (Å²) in [6, 6.07) is 14.3. The third-order valence-electron chi connectivity index (χ3n) is 7.33. The first kappa shape index (κ1) is 28.1. The number of carboxylic acid groups (broad SMARTS) is 1. The topological polar surface area (TPSA) is 95.1 Å². The number of hydrogen-bond donors (Lipinski definition) is 3. The summed E-state index contributed by atoms with van der Waals surface area (Å²) in [6.07, 6.45) is 10.5. The fraction of sp³-hybridized carbons (Fsp3) is 0.182. The molecule has 1 aromatic heterocycles. The number of aromatic nitrogens is 2. The van der Waals surface area contributed by atoms with Crippen molar-refractivity contribution in [3.8, 4) is 11.3 Å². The molecular formula is C33H29ClFN3O3. The highest BCUT2D eigenvalue weighted by molar-refractivity contribution is 6.23. The van der Waals surface area contributed by atoms with Gasteiger partial charge in [0, 0.05) is 28.7 Å². The summed E-state index contributed by atoms with van der Waals surface area (Å²) in [7, 11) is 0. The molecule has 1 aliphatic carbocycles. The van der Waals surface area contributed by atoms with E-state index >= 15 is 0 Å². The number of benzene rings is 2. The third kappa shape index (κ3) is 6.15. The quantitative estimate of drug-likeness (QED) is 0.244. The summed E-state index contributed by atoms with van der Waals surface area (Å²) >= 11 is 6.76. The number of alkyl halides is 1. The number of nitrogens with one attached hydrogen (secondary N) is 2. The SMILES string of the molecule is C=C1/C=C\C(=C\C(=O)O)[C@@H]2C(=CC=CC2Cl)c2nc(c(-c3ccc(C)c(F)c3)[nH]2)CC[C@H](c2ccccc2)NC1=O. The number of aliphatic carboxylic acids is 1. The summed E-state index contributed by atoms with van der Waals surface area (Å²) in [5, 5.41) is 12.2. The van der Waals surface area contributed by atoms with Gasteiger partial charge >= 0.3 is 5.97 Å². The molecule has 0 spiro atoms. The van der Waals surface area contributed by atoms with Crippen LogP contribution < -0.4 is 5.32 Å². The minimum Gasteiger partial charge on any atom is -0.478 e. The molecule has 2 aromatic carbocycles. The predicted octanol–water partition coefficient (Wildman–Crippen LogP) is 6.63. The Morgan fingerprint density at radius 2 is 1.98 bits per heavy atom. The normalized spacial score (nSPS) is 22.9. The van der Waals surface area contributed by atoms with Crippen LogP contribution in [0.5, 0.6) is 0 Å². The maximum absolute atomic E-state index is 14.7. The van der Waals surface area contributed by atoms with Gasteiger partial charge in [-0.3, -0.25) is 4.79 Å². The van der Waals surface area contributed by atoms with Crippen LogP contribution in [0.4, 0.5) is 4.39 Å². The Kier molecular flexibility index (Phi) is 8.17. The molecule has 0 saturated carbocycles. The second kappa shape index (κ2) is 11.9. The van der Waals surface area contributed by atoms with Crippen molar-refractivity contribution in [2.45, 2.75) is 31.2 Å². The standard InChI is InChI=1S/C33H29ClFN3O3/c1-19-11-14-23(17-26(19)35)31-28-16-15-27(21-7-4-3-5-8-21)37-33(41)20(2)12-13-22(18-29(39)40)30-24(32(36-28)38-31)9-6-10-25(30)34/h3-14,17-18,25,27,30H,2,15-16H2,1H3,(H,36,38)(H,37,41)(H,39,40)/b13-12-,22-18-/t25?,27-,30-/m1/s1. The van der Waals surface area contributed by atoms with Gasteiger partial charge in [-0.25, -0.2) is 14.2 Å². The first-order chi connectivity index (χ1) is 19.7. The number of carbonyl (C=O) groups excluding carboxylic acids is 1. The molecule has 41 heavy (non-hydrogen) atoms. The van der Waals surface area contributed by atoms with Crippen molar-refractivity contribution >= 4 is 29.1 Å². The van der Waals surface area contributed by atoms with Crippen molar-refractivity contribution in [1.29, 1.82) is 0 Å².